The van der Waals surface area contributed by atoms with Gasteiger partial charge in [0.1, 0.15) is 12.1 Å². The van der Waals surface area contributed by atoms with Crippen molar-refractivity contribution in [3.05, 3.63) is 89.0 Å². The molecular formula is C25H24FN3OS. The van der Waals surface area contributed by atoms with Crippen molar-refractivity contribution in [2.75, 3.05) is 17.7 Å². The molecule has 3 heterocycles. The lowest BCUT2D eigenvalue weighted by molar-refractivity contribution is 0.600. The van der Waals surface area contributed by atoms with E-state index in [2.05, 4.69) is 33.7 Å². The smallest absolute Gasteiger partial charge is 0.181 e. The zero-order chi connectivity index (χ0) is 21.5. The van der Waals surface area contributed by atoms with E-state index >= 15 is 0 Å². The summed E-state index contributed by atoms with van der Waals surface area (Å²) in [4.78, 5) is 7.90. The Hall–Kier alpha value is -2.83. The first-order valence-electron chi connectivity index (χ1n) is 10.4. The van der Waals surface area contributed by atoms with E-state index in [1.165, 1.54) is 17.2 Å². The van der Waals surface area contributed by atoms with Gasteiger partial charge in [-0.05, 0) is 59.4 Å². The van der Waals surface area contributed by atoms with E-state index in [1.54, 1.807) is 24.6 Å². The zero-order valence-corrected chi connectivity index (χ0v) is 18.5. The van der Waals surface area contributed by atoms with Crippen LogP contribution in [0, 0.1) is 12.7 Å². The molecule has 0 saturated heterocycles. The van der Waals surface area contributed by atoms with Gasteiger partial charge in [0.05, 0.1) is 16.6 Å². The van der Waals surface area contributed by atoms with Crippen LogP contribution in [0.3, 0.4) is 0 Å². The minimum absolute atomic E-state index is 0.253. The molecule has 1 aliphatic rings. The zero-order valence-electron chi connectivity index (χ0n) is 17.6. The number of hydrogen-bond donors (Lipinski definition) is 0. The average molecular weight is 434 g/mol. The second-order valence-corrected chi connectivity index (χ2v) is 9.37. The number of pyridine rings is 1. The summed E-state index contributed by atoms with van der Waals surface area (Å²) in [6.45, 7) is 4.15. The number of nitrogens with zero attached hydrogens (tertiary/aromatic N) is 3. The summed E-state index contributed by atoms with van der Waals surface area (Å²) in [5, 5.41) is 0.957. The lowest BCUT2D eigenvalue weighted by Crippen LogP contribution is -2.31. The number of rotatable bonds is 4. The number of anilines is 1. The molecule has 0 spiro atoms. The quantitative estimate of drug-likeness (QED) is 0.433. The van der Waals surface area contributed by atoms with Crippen molar-refractivity contribution in [3.8, 4) is 0 Å². The van der Waals surface area contributed by atoms with Crippen LogP contribution in [0.1, 0.15) is 22.4 Å². The van der Waals surface area contributed by atoms with Crippen molar-refractivity contribution in [2.24, 2.45) is 0 Å². The van der Waals surface area contributed by atoms with E-state index in [-0.39, 0.29) is 5.82 Å². The number of benzene rings is 2. The van der Waals surface area contributed by atoms with Gasteiger partial charge in [-0.3, -0.25) is 0 Å². The summed E-state index contributed by atoms with van der Waals surface area (Å²) in [5.41, 5.74) is 5.47. The highest BCUT2D eigenvalue weighted by Gasteiger charge is 2.27. The van der Waals surface area contributed by atoms with Gasteiger partial charge < -0.3 is 14.0 Å². The van der Waals surface area contributed by atoms with E-state index in [1.807, 2.05) is 19.1 Å². The summed E-state index contributed by atoms with van der Waals surface area (Å²) in [6, 6.07) is 17.1. The summed E-state index contributed by atoms with van der Waals surface area (Å²) in [7, 11) is 0. The molecule has 2 aromatic carbocycles. The van der Waals surface area contributed by atoms with E-state index in [4.69, 9.17) is 4.98 Å². The van der Waals surface area contributed by atoms with Crippen LogP contribution in [0.15, 0.2) is 65.7 Å². The molecule has 158 valence electrons. The number of halogens is 1. The minimum Gasteiger partial charge on any atom is -0.612 e. The third kappa shape index (κ3) is 3.60. The highest BCUT2D eigenvalue weighted by molar-refractivity contribution is 7.91. The Morgan fingerprint density at radius 3 is 2.68 bits per heavy atom. The highest BCUT2D eigenvalue weighted by Crippen LogP contribution is 2.36. The third-order valence-corrected chi connectivity index (χ3v) is 7.19. The molecule has 1 unspecified atom stereocenters. The molecule has 5 rings (SSSR count). The fourth-order valence-electron chi connectivity index (χ4n) is 4.66. The topological polar surface area (TPSA) is 44.1 Å². The monoisotopic (exact) mass is 433 g/mol. The molecule has 4 aromatic rings. The van der Waals surface area contributed by atoms with Gasteiger partial charge in [0.2, 0.25) is 0 Å². The largest absolute Gasteiger partial charge is 0.612 e. The van der Waals surface area contributed by atoms with E-state index < -0.39 is 11.2 Å². The van der Waals surface area contributed by atoms with Gasteiger partial charge in [0, 0.05) is 25.8 Å². The van der Waals surface area contributed by atoms with Crippen LogP contribution in [0.4, 0.5) is 10.2 Å². The molecule has 6 heteroatoms. The molecule has 4 nitrogen and oxygen atoms in total. The van der Waals surface area contributed by atoms with Crippen LogP contribution in [-0.4, -0.2) is 26.9 Å². The summed E-state index contributed by atoms with van der Waals surface area (Å²) in [5.74, 6) is 0.639. The Labute approximate surface area is 184 Å². The van der Waals surface area contributed by atoms with Gasteiger partial charge in [-0.25, -0.2) is 9.37 Å². The molecule has 1 aliphatic heterocycles. The molecule has 2 aromatic heterocycles. The fourth-order valence-corrected chi connectivity index (χ4v) is 5.66. The van der Waals surface area contributed by atoms with Crippen LogP contribution >= 0.6 is 0 Å². The molecular weight excluding hydrogens is 409 g/mol. The number of hydrogen-bond acceptors (Lipinski definition) is 3. The van der Waals surface area contributed by atoms with Crippen molar-refractivity contribution < 1.29 is 8.94 Å². The lowest BCUT2D eigenvalue weighted by Gasteiger charge is -2.30. The molecule has 0 aliphatic carbocycles. The maximum absolute atomic E-state index is 13.9. The first-order chi connectivity index (χ1) is 15.0. The van der Waals surface area contributed by atoms with Crippen LogP contribution < -0.4 is 4.90 Å². The van der Waals surface area contributed by atoms with Crippen molar-refractivity contribution in [3.63, 3.8) is 0 Å². The van der Waals surface area contributed by atoms with E-state index in [9.17, 15) is 8.94 Å². The van der Waals surface area contributed by atoms with Gasteiger partial charge in [0.25, 0.3) is 0 Å². The Bertz CT molecular complexity index is 1270. The fraction of sp³-hybridized carbons (Fsp3) is 0.240. The normalized spacial score (nSPS) is 14.6. The van der Waals surface area contributed by atoms with Crippen LogP contribution in [-0.2, 0) is 30.7 Å². The van der Waals surface area contributed by atoms with Crippen LogP contribution in [0.2, 0.25) is 0 Å². The van der Waals surface area contributed by atoms with Crippen molar-refractivity contribution >= 4 is 27.9 Å². The lowest BCUT2D eigenvalue weighted by atomic mass is 10.00. The van der Waals surface area contributed by atoms with Crippen LogP contribution in [0.5, 0.6) is 0 Å². The standard InChI is InChI=1S/C25H24FN3OS/c1-17-24(31(2)30)22-10-12-27-25(28-13-11-19-7-3-4-8-20(19)16-28)23(22)29(17)15-18-6-5-9-21(26)14-18/h3-10,12,14H,11,13,15-16H2,1-2H3. The predicted octanol–water partition coefficient (Wildman–Crippen LogP) is 4.83. The molecule has 0 radical (unpaired) electrons. The summed E-state index contributed by atoms with van der Waals surface area (Å²) in [6.07, 6.45) is 4.48. The maximum Gasteiger partial charge on any atom is 0.181 e. The number of fused-ring (bicyclic) bond motifs is 2. The SMILES string of the molecule is Cc1c([S+](C)[O-])c2ccnc(N3CCc4ccccc4C3)c2n1Cc1cccc(F)c1. The van der Waals surface area contributed by atoms with Crippen molar-refractivity contribution in [1.82, 2.24) is 9.55 Å². The molecule has 0 fully saturated rings. The predicted molar refractivity (Wildman–Crippen MR) is 124 cm³/mol. The Kier molecular flexibility index (Phi) is 5.20. The Morgan fingerprint density at radius 1 is 1.10 bits per heavy atom. The molecule has 1 atom stereocenters. The highest BCUT2D eigenvalue weighted by atomic mass is 32.2. The maximum atomic E-state index is 13.9. The first-order valence-corrected chi connectivity index (χ1v) is 12.0. The molecule has 0 amide bonds. The van der Waals surface area contributed by atoms with Gasteiger partial charge in [-0.2, -0.15) is 0 Å². The van der Waals surface area contributed by atoms with E-state index in [0.717, 1.165) is 52.4 Å². The third-order valence-electron chi connectivity index (χ3n) is 6.10. The van der Waals surface area contributed by atoms with Crippen molar-refractivity contribution in [2.45, 2.75) is 31.3 Å². The molecule has 0 saturated carbocycles. The van der Waals surface area contributed by atoms with E-state index in [0.29, 0.717) is 6.54 Å². The minimum atomic E-state index is -1.15. The van der Waals surface area contributed by atoms with Gasteiger partial charge in [0.15, 0.2) is 10.7 Å². The number of aromatic nitrogens is 2. The van der Waals surface area contributed by atoms with Gasteiger partial charge in [-0.15, -0.1) is 0 Å². The van der Waals surface area contributed by atoms with Crippen molar-refractivity contribution in [1.29, 1.82) is 0 Å². The average Bonchev–Trinajstić information content (AvgIpc) is 3.05. The molecule has 31 heavy (non-hydrogen) atoms. The molecule has 0 bridgehead atoms. The summed E-state index contributed by atoms with van der Waals surface area (Å²) < 4.78 is 28.6. The Balaban J connectivity index is 1.67. The first kappa shape index (κ1) is 20.1. The van der Waals surface area contributed by atoms with Gasteiger partial charge >= 0.3 is 0 Å². The Morgan fingerprint density at radius 2 is 1.90 bits per heavy atom. The second kappa shape index (κ2) is 8.02. The second-order valence-electron chi connectivity index (χ2n) is 8.06. The van der Waals surface area contributed by atoms with Gasteiger partial charge in [-0.1, -0.05) is 36.4 Å². The summed E-state index contributed by atoms with van der Waals surface area (Å²) >= 11 is -1.15. The van der Waals surface area contributed by atoms with Crippen LogP contribution in [0.25, 0.3) is 10.9 Å². The molecule has 0 N–H and O–H groups in total.